The summed E-state index contributed by atoms with van der Waals surface area (Å²) >= 11 is 9.62. The molecule has 0 saturated carbocycles. The molecule has 0 atom stereocenters. The number of halogens is 3. The predicted octanol–water partition coefficient (Wildman–Crippen LogP) is 13.4. The Morgan fingerprint density at radius 1 is 0.236 bits per heavy atom. The van der Waals surface area contributed by atoms with Gasteiger partial charge in [0.2, 0.25) is 0 Å². The van der Waals surface area contributed by atoms with E-state index in [1.807, 2.05) is 24.3 Å². The maximum absolute atomic E-state index is 2.27. The second kappa shape index (κ2) is 26.7. The van der Waals surface area contributed by atoms with Gasteiger partial charge < -0.3 is 12.4 Å². The van der Waals surface area contributed by atoms with E-state index in [0.29, 0.717) is 0 Å². The van der Waals surface area contributed by atoms with Crippen LogP contribution in [0.1, 0.15) is 0 Å². The van der Waals surface area contributed by atoms with Crippen molar-refractivity contribution in [3.63, 3.8) is 0 Å². The van der Waals surface area contributed by atoms with Crippen molar-refractivity contribution in [1.82, 2.24) is 0 Å². The summed E-state index contributed by atoms with van der Waals surface area (Å²) in [5.74, 6) is 0. The summed E-state index contributed by atoms with van der Waals surface area (Å²) in [5.41, 5.74) is 0. The quantitative estimate of drug-likeness (QED) is 0.104. The molecule has 0 aliphatic carbocycles. The van der Waals surface area contributed by atoms with Crippen LogP contribution < -0.4 is 12.4 Å². The molecular formula is C48H39ClI2S4. The highest BCUT2D eigenvalue weighted by Crippen LogP contribution is 2.34. The molecule has 0 aliphatic heterocycles. The Labute approximate surface area is 372 Å². The van der Waals surface area contributed by atoms with Crippen LogP contribution in [0.5, 0.6) is 0 Å². The van der Waals surface area contributed by atoms with Gasteiger partial charge in [0.1, 0.15) is 0 Å². The van der Waals surface area contributed by atoms with Crippen LogP contribution in [0, 0.1) is 0 Å². The minimum absolute atomic E-state index is 0. The smallest absolute Gasteiger partial charge is 0.166 e. The lowest BCUT2D eigenvalue weighted by Crippen LogP contribution is -3.00. The van der Waals surface area contributed by atoms with E-state index in [-0.39, 0.29) is 23.3 Å². The predicted molar refractivity (Wildman–Crippen MR) is 254 cm³/mol. The van der Waals surface area contributed by atoms with E-state index in [2.05, 4.69) is 250 Å². The third-order valence-electron chi connectivity index (χ3n) is 7.44. The van der Waals surface area contributed by atoms with Gasteiger partial charge >= 0.3 is 0 Å². The average molecular weight is 1030 g/mol. The molecule has 0 bridgehead atoms. The van der Waals surface area contributed by atoms with Crippen LogP contribution in [-0.4, -0.2) is 0 Å². The Balaban J connectivity index is 0.000000196. The van der Waals surface area contributed by atoms with Gasteiger partial charge in [0.15, 0.2) is 14.7 Å². The highest BCUT2D eigenvalue weighted by molar-refractivity contribution is 15.0. The topological polar surface area (TPSA) is 0 Å². The molecule has 0 fully saturated rings. The van der Waals surface area contributed by atoms with Crippen LogP contribution in [0.25, 0.3) is 0 Å². The second-order valence-corrected chi connectivity index (χ2v) is 16.7. The van der Waals surface area contributed by atoms with Crippen LogP contribution in [0.4, 0.5) is 0 Å². The van der Waals surface area contributed by atoms with Crippen LogP contribution >= 0.6 is 72.5 Å². The number of hydrogen-bond acceptors (Lipinski definition) is 3. The zero-order chi connectivity index (χ0) is 37.5. The molecule has 276 valence electrons. The van der Waals surface area contributed by atoms with Crippen LogP contribution in [0.2, 0.25) is 0 Å². The molecule has 8 aromatic rings. The Bertz CT molecular complexity index is 1940. The number of rotatable bonds is 9. The van der Waals surface area contributed by atoms with Gasteiger partial charge in [-0.15, -0.1) is 0 Å². The van der Waals surface area contributed by atoms with E-state index >= 15 is 0 Å². The van der Waals surface area contributed by atoms with Crippen LogP contribution in [0.3, 0.4) is 0 Å². The molecule has 8 aromatic carbocycles. The first kappa shape index (κ1) is 44.6. The minimum atomic E-state index is -0.0786. The van der Waals surface area contributed by atoms with Gasteiger partial charge in [0, 0.05) is 66.6 Å². The zero-order valence-corrected chi connectivity index (χ0v) is 38.1. The molecule has 0 saturated heterocycles. The van der Waals surface area contributed by atoms with Crippen LogP contribution in [-0.2, 0) is 10.9 Å². The summed E-state index contributed by atoms with van der Waals surface area (Å²) in [7, 11) is -0.0786. The van der Waals surface area contributed by atoms with Crippen molar-refractivity contribution in [1.29, 1.82) is 0 Å². The maximum Gasteiger partial charge on any atom is 0.166 e. The SMILES string of the molecule is II.[Cl-].c1ccc(Sc2ccc([S+](c3ccccc3)c3ccccc3)cc2)cc1.c1ccc(Sc2ccccc2)cc1.c1ccc(Sc2ccccc2)cc1. The molecule has 8 rings (SSSR count). The summed E-state index contributed by atoms with van der Waals surface area (Å²) in [4.78, 5) is 11.7. The summed E-state index contributed by atoms with van der Waals surface area (Å²) < 4.78 is 0. The first-order valence-corrected chi connectivity index (χ1v) is 27.1. The lowest BCUT2D eigenvalue weighted by molar-refractivity contribution is -0.0000101. The molecule has 0 nitrogen and oxygen atoms in total. The third kappa shape index (κ3) is 16.1. The lowest BCUT2D eigenvalue weighted by Gasteiger charge is -2.08. The molecule has 0 spiro atoms. The summed E-state index contributed by atoms with van der Waals surface area (Å²) in [5, 5.41) is 0. The zero-order valence-electron chi connectivity index (χ0n) is 29.8. The number of hydrogen-bond donors (Lipinski definition) is 0. The molecule has 0 aliphatic rings. The fraction of sp³-hybridized carbons (Fsp3) is 0. The van der Waals surface area contributed by atoms with Crippen molar-refractivity contribution >= 4 is 83.4 Å². The molecule has 0 heterocycles. The normalized spacial score (nSPS) is 9.87. The molecule has 0 unspecified atom stereocenters. The van der Waals surface area contributed by atoms with E-state index in [1.54, 1.807) is 35.3 Å². The van der Waals surface area contributed by atoms with Crippen molar-refractivity contribution in [2.45, 2.75) is 44.1 Å². The minimum Gasteiger partial charge on any atom is -1.00 e. The van der Waals surface area contributed by atoms with Gasteiger partial charge in [-0.05, 0) is 109 Å². The molecule has 55 heavy (non-hydrogen) atoms. The fourth-order valence-electron chi connectivity index (χ4n) is 5.02. The molecule has 0 radical (unpaired) electrons. The summed E-state index contributed by atoms with van der Waals surface area (Å²) in [6.07, 6.45) is 0. The Kier molecular flexibility index (Phi) is 21.7. The van der Waals surface area contributed by atoms with Gasteiger partial charge in [-0.25, -0.2) is 0 Å². The Morgan fingerprint density at radius 3 is 0.655 bits per heavy atom. The van der Waals surface area contributed by atoms with Gasteiger partial charge in [-0.3, -0.25) is 0 Å². The standard InChI is InChI=1S/C24H19S2.2C12H10S.ClH.I2/c1-4-10-20(11-5-1)25-21-16-18-24(19-17-21)26(22-12-6-2-7-13-22)23-14-8-3-9-15-23;2*1-3-7-11(8-4-1)13-12-9-5-2-6-10-12;;1-2/h1-19H;2*1-10H;1H;/q+1;;;;/p-1. The Morgan fingerprint density at radius 2 is 0.418 bits per heavy atom. The Hall–Kier alpha value is -3.09. The van der Waals surface area contributed by atoms with Gasteiger partial charge in [0.05, 0.1) is 10.9 Å². The molecule has 0 N–H and O–H groups in total. The van der Waals surface area contributed by atoms with Crippen molar-refractivity contribution in [2.24, 2.45) is 0 Å². The third-order valence-corrected chi connectivity index (χ3v) is 12.7. The van der Waals surface area contributed by atoms with Crippen molar-refractivity contribution in [3.8, 4) is 0 Å². The van der Waals surface area contributed by atoms with Gasteiger partial charge in [-0.2, -0.15) is 0 Å². The second-order valence-electron chi connectivity index (χ2n) is 11.3. The van der Waals surface area contributed by atoms with E-state index < -0.39 is 0 Å². The van der Waals surface area contributed by atoms with E-state index in [4.69, 9.17) is 0 Å². The maximum atomic E-state index is 2.27. The summed E-state index contributed by atoms with van der Waals surface area (Å²) in [6, 6.07) is 82.7. The van der Waals surface area contributed by atoms with Crippen molar-refractivity contribution in [2.75, 3.05) is 0 Å². The van der Waals surface area contributed by atoms with E-state index in [9.17, 15) is 0 Å². The van der Waals surface area contributed by atoms with E-state index in [1.165, 1.54) is 44.1 Å². The molecule has 7 heteroatoms. The van der Waals surface area contributed by atoms with Crippen molar-refractivity contribution in [3.05, 3.63) is 237 Å². The molecular weight excluding hydrogens is 994 g/mol. The van der Waals surface area contributed by atoms with Crippen LogP contribution in [0.15, 0.2) is 281 Å². The highest BCUT2D eigenvalue weighted by Gasteiger charge is 2.28. The largest absolute Gasteiger partial charge is 1.00 e. The van der Waals surface area contributed by atoms with E-state index in [0.717, 1.165) is 0 Å². The fourth-order valence-corrected chi connectivity index (χ4v) is 9.65. The van der Waals surface area contributed by atoms with Crippen molar-refractivity contribution < 1.29 is 12.4 Å². The first-order valence-electron chi connectivity index (χ1n) is 17.2. The number of benzene rings is 8. The molecule has 0 amide bonds. The first-order chi connectivity index (χ1) is 26.8. The van der Waals surface area contributed by atoms with Gasteiger partial charge in [0.25, 0.3) is 0 Å². The summed E-state index contributed by atoms with van der Waals surface area (Å²) in [6.45, 7) is 0. The highest BCUT2D eigenvalue weighted by atomic mass is 128. The monoisotopic (exact) mass is 1030 g/mol. The van der Waals surface area contributed by atoms with Gasteiger partial charge in [-0.1, -0.05) is 163 Å². The average Bonchev–Trinajstić information content (AvgIpc) is 3.25. The molecule has 0 aromatic heterocycles. The lowest BCUT2D eigenvalue weighted by atomic mass is 10.3.